The maximum atomic E-state index is 5.96. The molecule has 0 atom stereocenters. The third-order valence-corrected chi connectivity index (χ3v) is 3.65. The highest BCUT2D eigenvalue weighted by atomic mass is 16.5. The first-order valence-corrected chi connectivity index (χ1v) is 6.87. The standard InChI is InChI=1S/C16H18N4O/c1-10-16(11(2)20(3)19-10)21-15-8-12(9-17)13-6-4-5-7-14(13)18-15/h4-8H,9,17H2,1-3H3. The summed E-state index contributed by atoms with van der Waals surface area (Å²) in [5, 5.41) is 5.41. The van der Waals surface area contributed by atoms with Gasteiger partial charge < -0.3 is 10.5 Å². The molecule has 0 fully saturated rings. The second-order valence-corrected chi connectivity index (χ2v) is 5.07. The Morgan fingerprint density at radius 3 is 2.67 bits per heavy atom. The molecule has 0 radical (unpaired) electrons. The van der Waals surface area contributed by atoms with Gasteiger partial charge in [-0.25, -0.2) is 4.98 Å². The highest BCUT2D eigenvalue weighted by molar-refractivity contribution is 5.82. The van der Waals surface area contributed by atoms with Crippen molar-refractivity contribution in [2.24, 2.45) is 12.8 Å². The lowest BCUT2D eigenvalue weighted by Gasteiger charge is -2.09. The van der Waals surface area contributed by atoms with Crippen molar-refractivity contribution < 1.29 is 4.74 Å². The Kier molecular flexibility index (Phi) is 3.35. The van der Waals surface area contributed by atoms with Crippen LogP contribution in [0.2, 0.25) is 0 Å². The molecule has 3 rings (SSSR count). The van der Waals surface area contributed by atoms with Crippen molar-refractivity contribution in [3.05, 3.63) is 47.3 Å². The van der Waals surface area contributed by atoms with Crippen molar-refractivity contribution >= 4 is 10.9 Å². The monoisotopic (exact) mass is 282 g/mol. The van der Waals surface area contributed by atoms with Crippen molar-refractivity contribution in [1.82, 2.24) is 14.8 Å². The summed E-state index contributed by atoms with van der Waals surface area (Å²) in [5.41, 5.74) is 9.56. The van der Waals surface area contributed by atoms with Crippen LogP contribution in [0.3, 0.4) is 0 Å². The van der Waals surface area contributed by atoms with Crippen LogP contribution in [-0.2, 0) is 13.6 Å². The molecule has 2 N–H and O–H groups in total. The molecule has 0 saturated heterocycles. The molecule has 2 aromatic heterocycles. The molecule has 0 spiro atoms. The number of aromatic nitrogens is 3. The van der Waals surface area contributed by atoms with Gasteiger partial charge in [-0.2, -0.15) is 5.10 Å². The van der Waals surface area contributed by atoms with Crippen LogP contribution >= 0.6 is 0 Å². The fourth-order valence-electron chi connectivity index (χ4n) is 2.45. The summed E-state index contributed by atoms with van der Waals surface area (Å²) in [6.07, 6.45) is 0. The van der Waals surface area contributed by atoms with Crippen molar-refractivity contribution in [3.8, 4) is 11.6 Å². The fraction of sp³-hybridized carbons (Fsp3) is 0.250. The third kappa shape index (κ3) is 2.36. The quantitative estimate of drug-likeness (QED) is 0.802. The molecular formula is C16H18N4O. The van der Waals surface area contributed by atoms with E-state index in [0.717, 1.165) is 33.6 Å². The zero-order valence-corrected chi connectivity index (χ0v) is 12.4. The van der Waals surface area contributed by atoms with Crippen LogP contribution in [-0.4, -0.2) is 14.8 Å². The molecule has 0 amide bonds. The fourth-order valence-corrected chi connectivity index (χ4v) is 2.45. The highest BCUT2D eigenvalue weighted by Gasteiger charge is 2.13. The number of nitrogens with zero attached hydrogens (tertiary/aromatic N) is 3. The van der Waals surface area contributed by atoms with Gasteiger partial charge in [0.25, 0.3) is 0 Å². The Morgan fingerprint density at radius 2 is 2.00 bits per heavy atom. The van der Waals surface area contributed by atoms with E-state index in [1.165, 1.54) is 0 Å². The number of pyridine rings is 1. The predicted octanol–water partition coefficient (Wildman–Crippen LogP) is 2.84. The predicted molar refractivity (Wildman–Crippen MR) is 82.4 cm³/mol. The van der Waals surface area contributed by atoms with Crippen LogP contribution in [0, 0.1) is 13.8 Å². The van der Waals surface area contributed by atoms with E-state index < -0.39 is 0 Å². The van der Waals surface area contributed by atoms with Gasteiger partial charge in [-0.15, -0.1) is 0 Å². The van der Waals surface area contributed by atoms with Gasteiger partial charge in [0.15, 0.2) is 5.75 Å². The largest absolute Gasteiger partial charge is 0.435 e. The Bertz CT molecular complexity index is 807. The van der Waals surface area contributed by atoms with E-state index in [9.17, 15) is 0 Å². The summed E-state index contributed by atoms with van der Waals surface area (Å²) >= 11 is 0. The van der Waals surface area contributed by atoms with Gasteiger partial charge in [0.2, 0.25) is 5.88 Å². The van der Waals surface area contributed by atoms with Crippen molar-refractivity contribution in [2.75, 3.05) is 0 Å². The minimum absolute atomic E-state index is 0.449. The van der Waals surface area contributed by atoms with E-state index >= 15 is 0 Å². The summed E-state index contributed by atoms with van der Waals surface area (Å²) in [6.45, 7) is 4.35. The first-order valence-electron chi connectivity index (χ1n) is 6.87. The number of aryl methyl sites for hydroxylation is 2. The summed E-state index contributed by atoms with van der Waals surface area (Å²) in [6, 6.07) is 9.83. The number of nitrogens with two attached hydrogens (primary N) is 1. The Morgan fingerprint density at radius 1 is 1.24 bits per heavy atom. The van der Waals surface area contributed by atoms with Gasteiger partial charge in [0.05, 0.1) is 11.2 Å². The first kappa shape index (κ1) is 13.6. The van der Waals surface area contributed by atoms with Crippen LogP contribution < -0.4 is 10.5 Å². The van der Waals surface area contributed by atoms with E-state index in [4.69, 9.17) is 10.5 Å². The van der Waals surface area contributed by atoms with E-state index in [1.54, 1.807) is 4.68 Å². The highest BCUT2D eigenvalue weighted by Crippen LogP contribution is 2.29. The lowest BCUT2D eigenvalue weighted by molar-refractivity contribution is 0.456. The zero-order valence-electron chi connectivity index (χ0n) is 12.4. The van der Waals surface area contributed by atoms with Crippen LogP contribution in [0.1, 0.15) is 17.0 Å². The minimum atomic E-state index is 0.449. The van der Waals surface area contributed by atoms with Crippen LogP contribution in [0.15, 0.2) is 30.3 Å². The van der Waals surface area contributed by atoms with Gasteiger partial charge in [0.1, 0.15) is 5.69 Å². The SMILES string of the molecule is Cc1nn(C)c(C)c1Oc1cc(CN)c2ccccc2n1. The number of benzene rings is 1. The average molecular weight is 282 g/mol. The number of para-hydroxylation sites is 1. The first-order chi connectivity index (χ1) is 10.1. The third-order valence-electron chi connectivity index (χ3n) is 3.65. The van der Waals surface area contributed by atoms with E-state index in [0.29, 0.717) is 12.4 Å². The van der Waals surface area contributed by atoms with Crippen molar-refractivity contribution in [1.29, 1.82) is 0 Å². The molecule has 5 heteroatoms. The number of ether oxygens (including phenoxy) is 1. The molecule has 108 valence electrons. The normalized spacial score (nSPS) is 11.0. The molecule has 0 aliphatic carbocycles. The summed E-state index contributed by atoms with van der Waals surface area (Å²) in [5.74, 6) is 1.30. The molecule has 2 heterocycles. The summed E-state index contributed by atoms with van der Waals surface area (Å²) in [4.78, 5) is 4.56. The number of fused-ring (bicyclic) bond motifs is 1. The van der Waals surface area contributed by atoms with Crippen LogP contribution in [0.4, 0.5) is 0 Å². The molecule has 0 aliphatic heterocycles. The second-order valence-electron chi connectivity index (χ2n) is 5.07. The minimum Gasteiger partial charge on any atom is -0.435 e. The maximum Gasteiger partial charge on any atom is 0.220 e. The van der Waals surface area contributed by atoms with E-state index in [2.05, 4.69) is 10.1 Å². The van der Waals surface area contributed by atoms with Gasteiger partial charge in [-0.3, -0.25) is 4.68 Å². The van der Waals surface area contributed by atoms with Gasteiger partial charge >= 0.3 is 0 Å². The molecular weight excluding hydrogens is 264 g/mol. The van der Waals surface area contributed by atoms with Gasteiger partial charge in [-0.05, 0) is 25.5 Å². The van der Waals surface area contributed by atoms with Crippen LogP contribution in [0.5, 0.6) is 11.6 Å². The average Bonchev–Trinajstić information content (AvgIpc) is 2.73. The number of rotatable bonds is 3. The maximum absolute atomic E-state index is 5.96. The molecule has 1 aromatic carbocycles. The Labute approximate surface area is 123 Å². The van der Waals surface area contributed by atoms with Gasteiger partial charge in [0, 0.05) is 25.0 Å². The lowest BCUT2D eigenvalue weighted by atomic mass is 10.1. The number of hydrogen-bond donors (Lipinski definition) is 1. The molecule has 3 aromatic rings. The Balaban J connectivity index is 2.08. The molecule has 5 nitrogen and oxygen atoms in total. The van der Waals surface area contributed by atoms with E-state index in [1.807, 2.05) is 51.2 Å². The number of hydrogen-bond acceptors (Lipinski definition) is 4. The van der Waals surface area contributed by atoms with Crippen molar-refractivity contribution in [3.63, 3.8) is 0 Å². The molecule has 0 saturated carbocycles. The van der Waals surface area contributed by atoms with Gasteiger partial charge in [-0.1, -0.05) is 18.2 Å². The molecule has 0 bridgehead atoms. The smallest absolute Gasteiger partial charge is 0.220 e. The molecule has 0 unspecified atom stereocenters. The van der Waals surface area contributed by atoms with Crippen LogP contribution in [0.25, 0.3) is 10.9 Å². The Hall–Kier alpha value is -2.40. The lowest BCUT2D eigenvalue weighted by Crippen LogP contribution is -2.00. The summed E-state index contributed by atoms with van der Waals surface area (Å²) < 4.78 is 7.76. The topological polar surface area (TPSA) is 66.0 Å². The van der Waals surface area contributed by atoms with Crippen molar-refractivity contribution in [2.45, 2.75) is 20.4 Å². The molecule has 0 aliphatic rings. The van der Waals surface area contributed by atoms with E-state index in [-0.39, 0.29) is 0 Å². The summed E-state index contributed by atoms with van der Waals surface area (Å²) in [7, 11) is 1.90. The zero-order chi connectivity index (χ0) is 15.0. The molecule has 21 heavy (non-hydrogen) atoms. The second kappa shape index (κ2) is 5.18.